The van der Waals surface area contributed by atoms with E-state index in [9.17, 15) is 14.0 Å². The second kappa shape index (κ2) is 8.19. The Morgan fingerprint density at radius 2 is 1.86 bits per heavy atom. The van der Waals surface area contributed by atoms with E-state index in [0.717, 1.165) is 76.8 Å². The van der Waals surface area contributed by atoms with Crippen molar-refractivity contribution >= 4 is 11.8 Å². The van der Waals surface area contributed by atoms with Crippen molar-refractivity contribution in [3.63, 3.8) is 0 Å². The third kappa shape index (κ3) is 4.07. The first-order valence-corrected chi connectivity index (χ1v) is 10.6. The molecule has 3 aliphatic rings. The van der Waals surface area contributed by atoms with Crippen LogP contribution in [0.4, 0.5) is 4.39 Å². The molecule has 0 N–H and O–H groups in total. The van der Waals surface area contributed by atoms with Crippen LogP contribution in [0.25, 0.3) is 0 Å². The first kappa shape index (κ1) is 19.4. The molecule has 4 rings (SSSR count). The molecule has 6 heteroatoms. The van der Waals surface area contributed by atoms with Gasteiger partial charge in [0.1, 0.15) is 12.4 Å². The van der Waals surface area contributed by atoms with Gasteiger partial charge in [0, 0.05) is 38.1 Å². The van der Waals surface area contributed by atoms with Crippen molar-refractivity contribution in [2.45, 2.75) is 57.0 Å². The fourth-order valence-electron chi connectivity index (χ4n) is 5.14. The zero-order valence-electron chi connectivity index (χ0n) is 16.5. The van der Waals surface area contributed by atoms with Crippen LogP contribution in [0, 0.1) is 5.82 Å². The molecule has 3 fully saturated rings. The molecule has 28 heavy (non-hydrogen) atoms. The minimum atomic E-state index is -0.197. The van der Waals surface area contributed by atoms with Gasteiger partial charge in [-0.05, 0) is 62.8 Å². The van der Waals surface area contributed by atoms with E-state index in [0.29, 0.717) is 6.42 Å². The molecule has 1 aromatic rings. The molecule has 5 nitrogen and oxygen atoms in total. The maximum atomic E-state index is 13.5. The van der Waals surface area contributed by atoms with E-state index in [1.54, 1.807) is 12.1 Å². The molecule has 152 valence electrons. The molecule has 0 aromatic heterocycles. The first-order chi connectivity index (χ1) is 13.6. The summed E-state index contributed by atoms with van der Waals surface area (Å²) in [7, 11) is 0. The monoisotopic (exact) mass is 387 g/mol. The molecular weight excluding hydrogens is 357 g/mol. The van der Waals surface area contributed by atoms with Gasteiger partial charge in [-0.25, -0.2) is 4.39 Å². The van der Waals surface area contributed by atoms with Gasteiger partial charge in [0.15, 0.2) is 0 Å². The van der Waals surface area contributed by atoms with E-state index in [1.165, 1.54) is 6.07 Å². The fraction of sp³-hybridized carbons (Fsp3) is 0.636. The maximum absolute atomic E-state index is 13.5. The highest BCUT2D eigenvalue weighted by atomic mass is 19.1. The molecule has 2 amide bonds. The lowest BCUT2D eigenvalue weighted by molar-refractivity contribution is -0.141. The van der Waals surface area contributed by atoms with Crippen LogP contribution in [0.1, 0.15) is 50.5 Å². The summed E-state index contributed by atoms with van der Waals surface area (Å²) < 4.78 is 13.5. The Bertz CT molecular complexity index is 734. The summed E-state index contributed by atoms with van der Waals surface area (Å²) >= 11 is 0. The van der Waals surface area contributed by atoms with E-state index in [4.69, 9.17) is 0 Å². The lowest BCUT2D eigenvalue weighted by atomic mass is 9.87. The number of halogens is 1. The third-order valence-corrected chi connectivity index (χ3v) is 6.74. The second-order valence-corrected chi connectivity index (χ2v) is 8.55. The maximum Gasteiger partial charge on any atom is 0.242 e. The molecule has 3 saturated heterocycles. The van der Waals surface area contributed by atoms with Crippen LogP contribution < -0.4 is 0 Å². The van der Waals surface area contributed by atoms with E-state index >= 15 is 0 Å². The molecule has 0 saturated carbocycles. The molecular formula is C22H30FN3O2. The standard InChI is InChI=1S/C22H30FN3O2/c23-19-6-3-5-18(15-19)16-24-11-4-8-22(10-14-24)9-7-20(27)26(22)17-21(28)25-12-1-2-13-25/h3,5-6,15H,1-2,4,7-14,16-17H2. The van der Waals surface area contributed by atoms with Crippen molar-refractivity contribution in [2.24, 2.45) is 0 Å². The Labute approximate surface area is 166 Å². The fourth-order valence-corrected chi connectivity index (χ4v) is 5.14. The van der Waals surface area contributed by atoms with Crippen molar-refractivity contribution in [1.29, 1.82) is 0 Å². The zero-order valence-corrected chi connectivity index (χ0v) is 16.5. The van der Waals surface area contributed by atoms with Gasteiger partial charge in [0.25, 0.3) is 0 Å². The lowest BCUT2D eigenvalue weighted by Crippen LogP contribution is -2.51. The van der Waals surface area contributed by atoms with E-state index in [1.807, 2.05) is 15.9 Å². The minimum Gasteiger partial charge on any atom is -0.341 e. The number of nitrogens with zero attached hydrogens (tertiary/aromatic N) is 3. The van der Waals surface area contributed by atoms with Crippen LogP contribution in [-0.2, 0) is 16.1 Å². The topological polar surface area (TPSA) is 43.9 Å². The van der Waals surface area contributed by atoms with Gasteiger partial charge >= 0.3 is 0 Å². The molecule has 3 heterocycles. The summed E-state index contributed by atoms with van der Waals surface area (Å²) in [4.78, 5) is 31.5. The largest absolute Gasteiger partial charge is 0.341 e. The number of hydrogen-bond donors (Lipinski definition) is 0. The summed E-state index contributed by atoms with van der Waals surface area (Å²) in [5, 5.41) is 0. The summed E-state index contributed by atoms with van der Waals surface area (Å²) in [5.41, 5.74) is 0.808. The Kier molecular flexibility index (Phi) is 5.67. The number of hydrogen-bond acceptors (Lipinski definition) is 3. The highest BCUT2D eigenvalue weighted by Gasteiger charge is 2.46. The summed E-state index contributed by atoms with van der Waals surface area (Å²) in [5.74, 6) is 0.0379. The van der Waals surface area contributed by atoms with Crippen molar-refractivity contribution in [3.8, 4) is 0 Å². The van der Waals surface area contributed by atoms with E-state index in [-0.39, 0.29) is 29.7 Å². The highest BCUT2D eigenvalue weighted by molar-refractivity contribution is 5.87. The molecule has 1 unspecified atom stereocenters. The quantitative estimate of drug-likeness (QED) is 0.798. The lowest BCUT2D eigenvalue weighted by Gasteiger charge is -2.38. The Morgan fingerprint density at radius 3 is 2.64 bits per heavy atom. The SMILES string of the molecule is O=C(CN1C(=O)CCC12CCCN(Cc1cccc(F)c1)CC2)N1CCCC1. The predicted molar refractivity (Wildman–Crippen MR) is 105 cm³/mol. The Hall–Kier alpha value is -1.95. The number of likely N-dealkylation sites (tertiary alicyclic amines) is 3. The van der Waals surface area contributed by atoms with Crippen molar-refractivity contribution in [1.82, 2.24) is 14.7 Å². The smallest absolute Gasteiger partial charge is 0.242 e. The number of carbonyl (C=O) groups is 2. The molecule has 0 aliphatic carbocycles. The molecule has 1 atom stereocenters. The summed E-state index contributed by atoms with van der Waals surface area (Å²) in [6.07, 6.45) is 6.38. The Balaban J connectivity index is 1.41. The summed E-state index contributed by atoms with van der Waals surface area (Å²) in [6, 6.07) is 6.79. The average molecular weight is 387 g/mol. The van der Waals surface area contributed by atoms with Gasteiger partial charge in [0.2, 0.25) is 11.8 Å². The first-order valence-electron chi connectivity index (χ1n) is 10.6. The van der Waals surface area contributed by atoms with Crippen LogP contribution >= 0.6 is 0 Å². The normalized spacial score (nSPS) is 26.2. The van der Waals surface area contributed by atoms with Crippen molar-refractivity contribution < 1.29 is 14.0 Å². The van der Waals surface area contributed by atoms with Gasteiger partial charge in [-0.1, -0.05) is 12.1 Å². The van der Waals surface area contributed by atoms with Crippen LogP contribution in [0.3, 0.4) is 0 Å². The number of benzene rings is 1. The molecule has 1 aromatic carbocycles. The van der Waals surface area contributed by atoms with Crippen LogP contribution in [0.2, 0.25) is 0 Å². The predicted octanol–water partition coefficient (Wildman–Crippen LogP) is 2.80. The minimum absolute atomic E-state index is 0.105. The number of amides is 2. The molecule has 0 bridgehead atoms. The van der Waals surface area contributed by atoms with Crippen LogP contribution in [0.5, 0.6) is 0 Å². The third-order valence-electron chi connectivity index (χ3n) is 6.74. The van der Waals surface area contributed by atoms with Gasteiger partial charge in [-0.2, -0.15) is 0 Å². The molecule has 3 aliphatic heterocycles. The van der Waals surface area contributed by atoms with Crippen LogP contribution in [-0.4, -0.2) is 64.8 Å². The van der Waals surface area contributed by atoms with Gasteiger partial charge in [-0.15, -0.1) is 0 Å². The van der Waals surface area contributed by atoms with Gasteiger partial charge in [-0.3, -0.25) is 14.5 Å². The van der Waals surface area contributed by atoms with Gasteiger partial charge in [0.05, 0.1) is 0 Å². The summed E-state index contributed by atoms with van der Waals surface area (Å²) in [6.45, 7) is 4.44. The van der Waals surface area contributed by atoms with Crippen molar-refractivity contribution in [2.75, 3.05) is 32.7 Å². The van der Waals surface area contributed by atoms with Gasteiger partial charge < -0.3 is 9.80 Å². The van der Waals surface area contributed by atoms with Crippen molar-refractivity contribution in [3.05, 3.63) is 35.6 Å². The highest BCUT2D eigenvalue weighted by Crippen LogP contribution is 2.39. The molecule has 0 radical (unpaired) electrons. The number of rotatable bonds is 4. The van der Waals surface area contributed by atoms with E-state index in [2.05, 4.69) is 4.90 Å². The van der Waals surface area contributed by atoms with E-state index < -0.39 is 0 Å². The number of carbonyl (C=O) groups excluding carboxylic acids is 2. The molecule has 1 spiro atoms. The zero-order chi connectivity index (χ0) is 19.6. The average Bonchev–Trinajstić information content (AvgIpc) is 3.25. The van der Waals surface area contributed by atoms with Crippen LogP contribution in [0.15, 0.2) is 24.3 Å². The second-order valence-electron chi connectivity index (χ2n) is 8.55. The Morgan fingerprint density at radius 1 is 1.04 bits per heavy atom.